The summed E-state index contributed by atoms with van der Waals surface area (Å²) in [4.78, 5) is 16.3. The number of hydrogen-bond acceptors (Lipinski definition) is 4. The van der Waals surface area contributed by atoms with Gasteiger partial charge in [0.05, 0.1) is 11.9 Å². The molecule has 0 amide bonds. The first kappa shape index (κ1) is 13.5. The zero-order valence-corrected chi connectivity index (χ0v) is 11.8. The average Bonchev–Trinajstić information content (AvgIpc) is 2.65. The molecule has 0 saturated heterocycles. The second-order valence-corrected chi connectivity index (χ2v) is 5.30. The molecule has 0 bridgehead atoms. The first-order chi connectivity index (χ1) is 9.11. The van der Waals surface area contributed by atoms with Crippen LogP contribution in [-0.2, 0) is 6.54 Å². The third kappa shape index (κ3) is 3.12. The third-order valence-electron chi connectivity index (χ3n) is 2.67. The van der Waals surface area contributed by atoms with Crippen molar-refractivity contribution >= 4 is 23.2 Å². The Morgan fingerprint density at radius 2 is 2.26 bits per heavy atom. The number of aryl methyl sites for hydroxylation is 1. The molecule has 0 aliphatic rings. The number of rotatable bonds is 4. The highest BCUT2D eigenvalue weighted by atomic mass is 32.1. The molecule has 1 aromatic heterocycles. The molecule has 4 nitrogen and oxygen atoms in total. The Bertz CT molecular complexity index is 656. The van der Waals surface area contributed by atoms with Gasteiger partial charge in [-0.1, -0.05) is 30.4 Å². The second kappa shape index (κ2) is 5.84. The fourth-order valence-electron chi connectivity index (χ4n) is 1.76. The zero-order valence-electron chi connectivity index (χ0n) is 11.0. The van der Waals surface area contributed by atoms with Gasteiger partial charge in [-0.15, -0.1) is 0 Å². The summed E-state index contributed by atoms with van der Waals surface area (Å²) < 4.78 is 1.38. The SMILES string of the molecule is CCCn1c(O)c(C=Nc2cccc(C)c2)sc1=O. The molecule has 19 heavy (non-hydrogen) atoms. The van der Waals surface area contributed by atoms with Crippen molar-refractivity contribution in [1.82, 2.24) is 4.57 Å². The van der Waals surface area contributed by atoms with E-state index < -0.39 is 0 Å². The van der Waals surface area contributed by atoms with Crippen molar-refractivity contribution in [3.63, 3.8) is 0 Å². The Morgan fingerprint density at radius 1 is 1.47 bits per heavy atom. The van der Waals surface area contributed by atoms with Gasteiger partial charge in [0.2, 0.25) is 5.88 Å². The van der Waals surface area contributed by atoms with E-state index in [0.717, 1.165) is 29.0 Å². The number of nitrogens with zero attached hydrogens (tertiary/aromatic N) is 2. The molecule has 100 valence electrons. The minimum absolute atomic E-state index is 0.00764. The van der Waals surface area contributed by atoms with Crippen LogP contribution >= 0.6 is 11.3 Å². The quantitative estimate of drug-likeness (QED) is 0.872. The van der Waals surface area contributed by atoms with Crippen LogP contribution in [0.3, 0.4) is 0 Å². The fraction of sp³-hybridized carbons (Fsp3) is 0.286. The van der Waals surface area contributed by atoms with E-state index in [2.05, 4.69) is 4.99 Å². The summed E-state index contributed by atoms with van der Waals surface area (Å²) in [5, 5.41) is 9.96. The fourth-order valence-corrected chi connectivity index (χ4v) is 2.54. The number of aromatic hydroxyl groups is 1. The highest BCUT2D eigenvalue weighted by Gasteiger charge is 2.11. The van der Waals surface area contributed by atoms with E-state index in [1.54, 1.807) is 6.21 Å². The van der Waals surface area contributed by atoms with Crippen LogP contribution in [0.15, 0.2) is 34.1 Å². The van der Waals surface area contributed by atoms with Gasteiger partial charge in [-0.3, -0.25) is 14.4 Å². The number of aliphatic imine (C=N–C) groups is 1. The molecule has 0 unspecified atom stereocenters. The summed E-state index contributed by atoms with van der Waals surface area (Å²) in [6.45, 7) is 4.48. The summed E-state index contributed by atoms with van der Waals surface area (Å²) in [5.41, 5.74) is 1.93. The predicted octanol–water partition coefficient (Wildman–Crippen LogP) is 3.08. The summed E-state index contributed by atoms with van der Waals surface area (Å²) in [5.74, 6) is 0.00764. The monoisotopic (exact) mass is 276 g/mol. The van der Waals surface area contributed by atoms with Crippen molar-refractivity contribution < 1.29 is 5.11 Å². The van der Waals surface area contributed by atoms with Crippen LogP contribution in [0.2, 0.25) is 0 Å². The number of thiazole rings is 1. The molecule has 0 saturated carbocycles. The van der Waals surface area contributed by atoms with Crippen molar-refractivity contribution in [2.75, 3.05) is 0 Å². The van der Waals surface area contributed by atoms with Crippen LogP contribution in [0, 0.1) is 6.92 Å². The lowest BCUT2D eigenvalue weighted by molar-refractivity contribution is 0.411. The van der Waals surface area contributed by atoms with Crippen molar-refractivity contribution in [3.8, 4) is 5.88 Å². The van der Waals surface area contributed by atoms with Gasteiger partial charge in [0.25, 0.3) is 0 Å². The van der Waals surface area contributed by atoms with Gasteiger partial charge in [-0.05, 0) is 31.0 Å². The van der Waals surface area contributed by atoms with Crippen molar-refractivity contribution in [3.05, 3.63) is 44.4 Å². The maximum absolute atomic E-state index is 11.7. The van der Waals surface area contributed by atoms with E-state index in [-0.39, 0.29) is 10.8 Å². The Hall–Kier alpha value is -1.88. The van der Waals surface area contributed by atoms with E-state index in [0.29, 0.717) is 11.4 Å². The van der Waals surface area contributed by atoms with Crippen molar-refractivity contribution in [2.45, 2.75) is 26.8 Å². The molecule has 0 fully saturated rings. The van der Waals surface area contributed by atoms with Gasteiger partial charge < -0.3 is 5.11 Å². The van der Waals surface area contributed by atoms with Gasteiger partial charge in [0.1, 0.15) is 4.88 Å². The Balaban J connectivity index is 2.29. The van der Waals surface area contributed by atoms with E-state index in [4.69, 9.17) is 0 Å². The zero-order chi connectivity index (χ0) is 13.8. The minimum atomic E-state index is -0.148. The van der Waals surface area contributed by atoms with Crippen LogP contribution in [0.25, 0.3) is 0 Å². The Labute approximate surface area is 115 Å². The minimum Gasteiger partial charge on any atom is -0.493 e. The molecule has 2 rings (SSSR count). The van der Waals surface area contributed by atoms with Crippen LogP contribution in [-0.4, -0.2) is 15.9 Å². The first-order valence-corrected chi connectivity index (χ1v) is 6.96. The highest BCUT2D eigenvalue weighted by Crippen LogP contribution is 2.20. The smallest absolute Gasteiger partial charge is 0.310 e. The largest absolute Gasteiger partial charge is 0.493 e. The van der Waals surface area contributed by atoms with E-state index >= 15 is 0 Å². The van der Waals surface area contributed by atoms with Crippen molar-refractivity contribution in [1.29, 1.82) is 0 Å². The van der Waals surface area contributed by atoms with Crippen LogP contribution in [0.4, 0.5) is 5.69 Å². The molecule has 2 aromatic rings. The number of aromatic nitrogens is 1. The van der Waals surface area contributed by atoms with Crippen LogP contribution in [0.1, 0.15) is 23.8 Å². The third-order valence-corrected chi connectivity index (χ3v) is 3.58. The standard InChI is InChI=1S/C14H16N2O2S/c1-3-7-16-13(17)12(19-14(16)18)9-15-11-6-4-5-10(2)8-11/h4-6,8-9,17H,3,7H2,1-2H3. The normalized spacial score (nSPS) is 11.3. The molecule has 1 N–H and O–H groups in total. The Morgan fingerprint density at radius 3 is 2.95 bits per heavy atom. The van der Waals surface area contributed by atoms with Gasteiger partial charge in [-0.25, -0.2) is 0 Å². The molecule has 0 radical (unpaired) electrons. The molecule has 1 aromatic carbocycles. The van der Waals surface area contributed by atoms with E-state index in [9.17, 15) is 9.90 Å². The maximum Gasteiger partial charge on any atom is 0.310 e. The van der Waals surface area contributed by atoms with Crippen molar-refractivity contribution in [2.24, 2.45) is 4.99 Å². The van der Waals surface area contributed by atoms with Gasteiger partial charge in [-0.2, -0.15) is 0 Å². The molecule has 0 spiro atoms. The summed E-state index contributed by atoms with van der Waals surface area (Å²) >= 11 is 1.01. The first-order valence-electron chi connectivity index (χ1n) is 6.15. The summed E-state index contributed by atoms with van der Waals surface area (Å²) in [6.07, 6.45) is 2.35. The van der Waals surface area contributed by atoms with Gasteiger partial charge >= 0.3 is 4.87 Å². The topological polar surface area (TPSA) is 54.6 Å². The highest BCUT2D eigenvalue weighted by molar-refractivity contribution is 7.11. The molecule has 1 heterocycles. The lowest BCUT2D eigenvalue weighted by atomic mass is 10.2. The Kier molecular flexibility index (Phi) is 4.16. The second-order valence-electron chi connectivity index (χ2n) is 4.30. The molecule has 0 aliphatic carbocycles. The molecule has 5 heteroatoms. The number of benzene rings is 1. The van der Waals surface area contributed by atoms with Crippen LogP contribution in [0.5, 0.6) is 5.88 Å². The molecular weight excluding hydrogens is 260 g/mol. The number of hydrogen-bond donors (Lipinski definition) is 1. The summed E-state index contributed by atoms with van der Waals surface area (Å²) in [6, 6.07) is 7.74. The lowest BCUT2D eigenvalue weighted by Crippen LogP contribution is -2.11. The average molecular weight is 276 g/mol. The molecule has 0 aliphatic heterocycles. The molecule has 0 atom stereocenters. The summed E-state index contributed by atoms with van der Waals surface area (Å²) in [7, 11) is 0. The van der Waals surface area contributed by atoms with E-state index in [1.807, 2.05) is 38.1 Å². The van der Waals surface area contributed by atoms with E-state index in [1.165, 1.54) is 4.57 Å². The van der Waals surface area contributed by atoms with Gasteiger partial charge in [0, 0.05) is 6.54 Å². The van der Waals surface area contributed by atoms with Crippen LogP contribution < -0.4 is 4.87 Å². The lowest BCUT2D eigenvalue weighted by Gasteiger charge is -1.99. The maximum atomic E-state index is 11.7. The molecular formula is C14H16N2O2S. The van der Waals surface area contributed by atoms with Gasteiger partial charge in [0.15, 0.2) is 0 Å². The predicted molar refractivity (Wildman–Crippen MR) is 79.0 cm³/mol.